The molecule has 3 aliphatic rings. The van der Waals surface area contributed by atoms with Crippen molar-refractivity contribution in [1.29, 1.82) is 0 Å². The molecular formula is C14H22N4OS. The largest absolute Gasteiger partial charge is 0.371 e. The Hall–Kier alpha value is -0.750. The monoisotopic (exact) mass is 294 g/mol. The van der Waals surface area contributed by atoms with Gasteiger partial charge in [-0.15, -0.1) is 10.2 Å². The summed E-state index contributed by atoms with van der Waals surface area (Å²) >= 11 is 1.76. The molecule has 2 saturated carbocycles. The Balaban J connectivity index is 1.37. The Morgan fingerprint density at radius 1 is 1.20 bits per heavy atom. The summed E-state index contributed by atoms with van der Waals surface area (Å²) < 4.78 is 8.45. The summed E-state index contributed by atoms with van der Waals surface area (Å²) in [7, 11) is 0. The number of aromatic nitrogens is 3. The molecule has 0 radical (unpaired) electrons. The van der Waals surface area contributed by atoms with Gasteiger partial charge in [0.2, 0.25) is 5.95 Å². The van der Waals surface area contributed by atoms with Gasteiger partial charge in [0.05, 0.1) is 11.7 Å². The fourth-order valence-corrected chi connectivity index (χ4v) is 4.68. The molecule has 4 rings (SSSR count). The summed E-state index contributed by atoms with van der Waals surface area (Å²) in [6.07, 6.45) is 10.4. The average Bonchev–Trinajstić information content (AvgIpc) is 2.89. The van der Waals surface area contributed by atoms with Crippen molar-refractivity contribution in [3.63, 3.8) is 0 Å². The minimum absolute atomic E-state index is 0.231. The quantitative estimate of drug-likeness (QED) is 0.865. The van der Waals surface area contributed by atoms with E-state index in [1.165, 1.54) is 51.4 Å². The maximum absolute atomic E-state index is 6.34. The van der Waals surface area contributed by atoms with Crippen LogP contribution in [0.1, 0.15) is 57.4 Å². The van der Waals surface area contributed by atoms with Gasteiger partial charge in [-0.25, -0.2) is 0 Å². The Kier molecular flexibility index (Phi) is 3.18. The summed E-state index contributed by atoms with van der Waals surface area (Å²) in [5.74, 6) is 1.54. The molecule has 110 valence electrons. The molecule has 1 atom stereocenters. The van der Waals surface area contributed by atoms with Crippen LogP contribution in [0.15, 0.2) is 5.16 Å². The van der Waals surface area contributed by atoms with Crippen LogP contribution in [0.5, 0.6) is 0 Å². The third-order valence-electron chi connectivity index (χ3n) is 4.85. The van der Waals surface area contributed by atoms with Crippen molar-refractivity contribution in [2.24, 2.45) is 0 Å². The van der Waals surface area contributed by atoms with Gasteiger partial charge >= 0.3 is 0 Å². The fraction of sp³-hybridized carbons (Fsp3) is 0.857. The van der Waals surface area contributed by atoms with Crippen molar-refractivity contribution in [3.05, 3.63) is 0 Å². The van der Waals surface area contributed by atoms with Crippen molar-refractivity contribution in [3.8, 4) is 0 Å². The lowest BCUT2D eigenvalue weighted by Gasteiger charge is -2.23. The van der Waals surface area contributed by atoms with Crippen LogP contribution in [0.3, 0.4) is 0 Å². The van der Waals surface area contributed by atoms with Crippen LogP contribution in [-0.4, -0.2) is 32.2 Å². The number of nitrogens with zero attached hydrogens (tertiary/aromatic N) is 3. The molecule has 0 aromatic carbocycles. The number of nitrogens with two attached hydrogens (primary N) is 1. The van der Waals surface area contributed by atoms with Crippen LogP contribution in [-0.2, 0) is 4.74 Å². The fourth-order valence-electron chi connectivity index (χ4n) is 3.63. The van der Waals surface area contributed by atoms with Gasteiger partial charge in [-0.1, -0.05) is 24.6 Å². The second kappa shape index (κ2) is 4.91. The van der Waals surface area contributed by atoms with E-state index in [4.69, 9.17) is 10.5 Å². The zero-order valence-corrected chi connectivity index (χ0v) is 12.6. The van der Waals surface area contributed by atoms with Crippen LogP contribution in [0, 0.1) is 0 Å². The van der Waals surface area contributed by atoms with Crippen molar-refractivity contribution in [2.45, 2.75) is 74.3 Å². The highest BCUT2D eigenvalue weighted by Gasteiger charge is 2.42. The molecule has 2 N–H and O–H groups in total. The number of thioether (sulfide) groups is 1. The summed E-state index contributed by atoms with van der Waals surface area (Å²) in [6, 6.07) is 0.540. The highest BCUT2D eigenvalue weighted by atomic mass is 32.2. The van der Waals surface area contributed by atoms with Gasteiger partial charge in [-0.2, -0.15) is 0 Å². The highest BCUT2D eigenvalue weighted by molar-refractivity contribution is 7.99. The Bertz CT molecular complexity index is 493. The van der Waals surface area contributed by atoms with Gasteiger partial charge in [0.15, 0.2) is 5.16 Å². The van der Waals surface area contributed by atoms with E-state index >= 15 is 0 Å². The van der Waals surface area contributed by atoms with Crippen molar-refractivity contribution >= 4 is 17.7 Å². The number of rotatable bonds is 4. The smallest absolute Gasteiger partial charge is 0.222 e. The van der Waals surface area contributed by atoms with Gasteiger partial charge in [-0.05, 0) is 38.5 Å². The Labute approximate surface area is 123 Å². The van der Waals surface area contributed by atoms with E-state index in [9.17, 15) is 0 Å². The van der Waals surface area contributed by atoms with E-state index in [-0.39, 0.29) is 5.60 Å². The minimum atomic E-state index is 0.231. The third-order valence-corrected chi connectivity index (χ3v) is 5.93. The number of hydrogen-bond donors (Lipinski definition) is 1. The van der Waals surface area contributed by atoms with Gasteiger partial charge in [-0.3, -0.25) is 4.57 Å². The average molecular weight is 294 g/mol. The summed E-state index contributed by atoms with van der Waals surface area (Å²) in [6.45, 7) is 0. The molecule has 2 aliphatic carbocycles. The van der Waals surface area contributed by atoms with E-state index in [0.29, 0.717) is 18.1 Å². The number of anilines is 1. The molecule has 1 saturated heterocycles. The van der Waals surface area contributed by atoms with E-state index in [2.05, 4.69) is 14.8 Å². The van der Waals surface area contributed by atoms with Crippen LogP contribution >= 0.6 is 11.8 Å². The van der Waals surface area contributed by atoms with Crippen molar-refractivity contribution in [2.75, 3.05) is 11.5 Å². The molecule has 20 heavy (non-hydrogen) atoms. The lowest BCUT2D eigenvalue weighted by Crippen LogP contribution is -2.25. The van der Waals surface area contributed by atoms with E-state index in [1.807, 2.05) is 0 Å². The molecule has 0 unspecified atom stereocenters. The minimum Gasteiger partial charge on any atom is -0.371 e. The van der Waals surface area contributed by atoms with Gasteiger partial charge in [0, 0.05) is 11.8 Å². The second-order valence-corrected chi connectivity index (χ2v) is 7.41. The first-order chi connectivity index (χ1) is 9.76. The second-order valence-electron chi connectivity index (χ2n) is 6.42. The molecule has 5 nitrogen and oxygen atoms in total. The van der Waals surface area contributed by atoms with Gasteiger partial charge in [0.25, 0.3) is 0 Å². The van der Waals surface area contributed by atoms with Gasteiger partial charge in [0.1, 0.15) is 0 Å². The third kappa shape index (κ3) is 2.33. The predicted octanol–water partition coefficient (Wildman–Crippen LogP) is 2.78. The summed E-state index contributed by atoms with van der Waals surface area (Å²) in [5, 5.41) is 9.22. The first-order valence-corrected chi connectivity index (χ1v) is 8.75. The standard InChI is InChI=1S/C14H22N4OS/c15-12-16-17-13(18(12)10-3-4-10)20-9-11-5-8-14(19-11)6-1-2-7-14/h10-11H,1-9H2,(H2,15,16)/t11-/m0/s1. The number of ether oxygens (including phenoxy) is 1. The number of hydrogen-bond acceptors (Lipinski definition) is 5. The highest BCUT2D eigenvalue weighted by Crippen LogP contribution is 2.45. The molecule has 1 aromatic rings. The van der Waals surface area contributed by atoms with Crippen LogP contribution in [0.4, 0.5) is 5.95 Å². The maximum atomic E-state index is 6.34. The molecule has 2 heterocycles. The molecule has 6 heteroatoms. The first-order valence-electron chi connectivity index (χ1n) is 7.77. The lowest BCUT2D eigenvalue weighted by molar-refractivity contribution is -0.0267. The number of nitrogen functional groups attached to an aromatic ring is 1. The zero-order chi connectivity index (χ0) is 13.6. The zero-order valence-electron chi connectivity index (χ0n) is 11.8. The van der Waals surface area contributed by atoms with Crippen LogP contribution in [0.25, 0.3) is 0 Å². The van der Waals surface area contributed by atoms with E-state index in [1.54, 1.807) is 11.8 Å². The van der Waals surface area contributed by atoms with Crippen LogP contribution in [0.2, 0.25) is 0 Å². The Morgan fingerprint density at radius 2 is 2.00 bits per heavy atom. The summed E-state index contributed by atoms with van der Waals surface area (Å²) in [5.41, 5.74) is 6.14. The molecular weight excluding hydrogens is 272 g/mol. The molecule has 3 fully saturated rings. The van der Waals surface area contributed by atoms with Crippen molar-refractivity contribution in [1.82, 2.24) is 14.8 Å². The lowest BCUT2D eigenvalue weighted by atomic mass is 9.98. The first kappa shape index (κ1) is 13.0. The van der Waals surface area contributed by atoms with Gasteiger partial charge < -0.3 is 10.5 Å². The SMILES string of the molecule is Nc1nnc(SC[C@@H]2CCC3(CCCC3)O2)n1C1CC1. The predicted molar refractivity (Wildman–Crippen MR) is 78.7 cm³/mol. The maximum Gasteiger partial charge on any atom is 0.222 e. The molecule has 0 bridgehead atoms. The Morgan fingerprint density at radius 3 is 2.75 bits per heavy atom. The van der Waals surface area contributed by atoms with E-state index in [0.717, 1.165) is 10.9 Å². The molecule has 1 aliphatic heterocycles. The molecule has 1 spiro atoms. The molecule has 0 amide bonds. The van der Waals surface area contributed by atoms with E-state index < -0.39 is 0 Å². The molecule has 1 aromatic heterocycles. The topological polar surface area (TPSA) is 66.0 Å². The summed E-state index contributed by atoms with van der Waals surface area (Å²) in [4.78, 5) is 0. The van der Waals surface area contributed by atoms with Crippen LogP contribution < -0.4 is 5.73 Å². The van der Waals surface area contributed by atoms with Crippen molar-refractivity contribution < 1.29 is 4.74 Å². The normalized spacial score (nSPS) is 28.5.